The van der Waals surface area contributed by atoms with Gasteiger partial charge in [-0.3, -0.25) is 0 Å². The van der Waals surface area contributed by atoms with Crippen molar-refractivity contribution in [3.63, 3.8) is 0 Å². The summed E-state index contributed by atoms with van der Waals surface area (Å²) in [5.41, 5.74) is 1.04. The molecular formula is C22H25F3N6S. The van der Waals surface area contributed by atoms with Crippen LogP contribution in [0.5, 0.6) is 0 Å². The minimum atomic E-state index is -4.45. The van der Waals surface area contributed by atoms with E-state index in [1.165, 1.54) is 0 Å². The van der Waals surface area contributed by atoms with Crippen molar-refractivity contribution >= 4 is 44.7 Å². The Morgan fingerprint density at radius 1 is 1.03 bits per heavy atom. The molecule has 1 aromatic carbocycles. The maximum Gasteiger partial charge on any atom is 0.418 e. The summed E-state index contributed by atoms with van der Waals surface area (Å²) < 4.78 is 40.6. The number of anilines is 4. The Bertz CT molecular complexity index is 1120. The summed E-state index contributed by atoms with van der Waals surface area (Å²) in [7, 11) is 2.12. The Labute approximate surface area is 188 Å². The molecule has 2 N–H and O–H groups in total. The van der Waals surface area contributed by atoms with Crippen LogP contribution in [-0.4, -0.2) is 53.6 Å². The van der Waals surface area contributed by atoms with Gasteiger partial charge in [0.25, 0.3) is 0 Å². The lowest BCUT2D eigenvalue weighted by molar-refractivity contribution is -0.136. The van der Waals surface area contributed by atoms with Crippen LogP contribution in [0, 0.1) is 0 Å². The van der Waals surface area contributed by atoms with Crippen molar-refractivity contribution in [2.24, 2.45) is 0 Å². The summed E-state index contributed by atoms with van der Waals surface area (Å²) in [5.74, 6) is 0.521. The lowest BCUT2D eigenvalue weighted by atomic mass is 10.2. The number of benzene rings is 1. The molecule has 0 bridgehead atoms. The van der Waals surface area contributed by atoms with Crippen molar-refractivity contribution in [2.75, 3.05) is 48.8 Å². The number of alkyl halides is 3. The van der Waals surface area contributed by atoms with E-state index in [1.54, 1.807) is 0 Å². The standard InChI is InChI=1S/C22H25F3N6S/c1-21(7-8-21)29-18-17-16(22(23,24)25)13-32-19(17)28-20(27-18)26-14-3-5-15(6-4-14)31-11-9-30(2)10-12-31/h3-6,13H,7-12H2,1-2H3,(H2,26,27,28,29). The molecule has 3 heterocycles. The molecule has 1 aliphatic heterocycles. The summed E-state index contributed by atoms with van der Waals surface area (Å²) >= 11 is 0.986. The first-order chi connectivity index (χ1) is 15.2. The minimum absolute atomic E-state index is 0.0478. The molecule has 1 saturated carbocycles. The number of hydrogen-bond donors (Lipinski definition) is 2. The number of aromatic nitrogens is 2. The topological polar surface area (TPSA) is 56.3 Å². The molecular weight excluding hydrogens is 437 g/mol. The Hall–Kier alpha value is -2.59. The lowest BCUT2D eigenvalue weighted by Gasteiger charge is -2.34. The molecule has 10 heteroatoms. The quantitative estimate of drug-likeness (QED) is 0.546. The lowest BCUT2D eigenvalue weighted by Crippen LogP contribution is -2.44. The number of halogens is 3. The second-order valence-corrected chi connectivity index (χ2v) is 9.73. The number of nitrogens with one attached hydrogen (secondary N) is 2. The molecule has 170 valence electrons. The Morgan fingerprint density at radius 2 is 1.72 bits per heavy atom. The van der Waals surface area contributed by atoms with Crippen molar-refractivity contribution in [3.8, 4) is 0 Å². The van der Waals surface area contributed by atoms with Gasteiger partial charge >= 0.3 is 6.18 Å². The number of fused-ring (bicyclic) bond motifs is 1. The van der Waals surface area contributed by atoms with Crippen LogP contribution in [0.2, 0.25) is 0 Å². The number of piperazine rings is 1. The zero-order chi connectivity index (χ0) is 22.5. The average molecular weight is 463 g/mol. The summed E-state index contributed by atoms with van der Waals surface area (Å²) in [6.07, 6.45) is -2.64. The molecule has 5 rings (SSSR count). The van der Waals surface area contributed by atoms with Crippen LogP contribution in [-0.2, 0) is 6.18 Å². The molecule has 32 heavy (non-hydrogen) atoms. The Kier molecular flexibility index (Phi) is 5.16. The van der Waals surface area contributed by atoms with E-state index >= 15 is 0 Å². The van der Waals surface area contributed by atoms with Gasteiger partial charge in [-0.15, -0.1) is 11.3 Å². The van der Waals surface area contributed by atoms with Gasteiger partial charge in [-0.2, -0.15) is 18.2 Å². The van der Waals surface area contributed by atoms with Gasteiger partial charge in [0.05, 0.1) is 10.9 Å². The van der Waals surface area contributed by atoms with Crippen LogP contribution in [0.25, 0.3) is 10.2 Å². The molecule has 0 amide bonds. The molecule has 0 radical (unpaired) electrons. The molecule has 1 saturated heterocycles. The third-order valence-electron chi connectivity index (χ3n) is 6.15. The number of nitrogens with zero attached hydrogens (tertiary/aromatic N) is 4. The van der Waals surface area contributed by atoms with Gasteiger partial charge < -0.3 is 20.4 Å². The van der Waals surface area contributed by atoms with Gasteiger partial charge in [-0.25, -0.2) is 4.98 Å². The average Bonchev–Trinajstić information content (AvgIpc) is 3.29. The van der Waals surface area contributed by atoms with E-state index in [1.807, 2.05) is 31.2 Å². The second-order valence-electron chi connectivity index (χ2n) is 8.87. The molecule has 3 aromatic rings. The number of likely N-dealkylation sites (N-methyl/N-ethyl adjacent to an activating group) is 1. The van der Waals surface area contributed by atoms with Gasteiger partial charge in [0.2, 0.25) is 5.95 Å². The third kappa shape index (κ3) is 4.33. The summed E-state index contributed by atoms with van der Waals surface area (Å²) in [6, 6.07) is 7.99. The molecule has 1 aliphatic carbocycles. The number of rotatable bonds is 5. The molecule has 2 aliphatic rings. The highest BCUT2D eigenvalue weighted by molar-refractivity contribution is 7.17. The van der Waals surface area contributed by atoms with Crippen molar-refractivity contribution in [1.82, 2.24) is 14.9 Å². The third-order valence-corrected chi connectivity index (χ3v) is 7.02. The SMILES string of the molecule is CN1CCN(c2ccc(Nc3nc(NC4(C)CC4)c4c(C(F)(F)F)csc4n3)cc2)CC1. The molecule has 0 atom stereocenters. The summed E-state index contributed by atoms with van der Waals surface area (Å²) in [4.78, 5) is 13.8. The Balaban J connectivity index is 1.42. The van der Waals surface area contributed by atoms with Crippen LogP contribution in [0.4, 0.5) is 36.3 Å². The highest BCUT2D eigenvalue weighted by Gasteiger charge is 2.40. The Morgan fingerprint density at radius 3 is 2.34 bits per heavy atom. The summed E-state index contributed by atoms with van der Waals surface area (Å²) in [5, 5.41) is 7.55. The molecule has 2 fully saturated rings. The van der Waals surface area contributed by atoms with E-state index in [9.17, 15) is 13.2 Å². The highest BCUT2D eigenvalue weighted by Crippen LogP contribution is 2.44. The predicted octanol–water partition coefficient (Wildman–Crippen LogP) is 5.17. The van der Waals surface area contributed by atoms with E-state index in [-0.39, 0.29) is 22.7 Å². The predicted molar refractivity (Wildman–Crippen MR) is 123 cm³/mol. The molecule has 0 unspecified atom stereocenters. The highest BCUT2D eigenvalue weighted by atomic mass is 32.1. The fraction of sp³-hybridized carbons (Fsp3) is 0.455. The van der Waals surface area contributed by atoms with E-state index < -0.39 is 11.7 Å². The van der Waals surface area contributed by atoms with Gasteiger partial charge in [0.15, 0.2) is 0 Å². The first-order valence-electron chi connectivity index (χ1n) is 10.7. The number of hydrogen-bond acceptors (Lipinski definition) is 7. The molecule has 0 spiro atoms. The first kappa shape index (κ1) is 21.3. The first-order valence-corrected chi connectivity index (χ1v) is 11.5. The maximum absolute atomic E-state index is 13.5. The zero-order valence-corrected chi connectivity index (χ0v) is 18.8. The van der Waals surface area contributed by atoms with Gasteiger partial charge in [0, 0.05) is 48.5 Å². The van der Waals surface area contributed by atoms with Crippen LogP contribution in [0.15, 0.2) is 29.6 Å². The fourth-order valence-electron chi connectivity index (χ4n) is 3.84. The largest absolute Gasteiger partial charge is 0.418 e. The van der Waals surface area contributed by atoms with E-state index in [0.29, 0.717) is 4.83 Å². The van der Waals surface area contributed by atoms with Gasteiger partial charge in [-0.1, -0.05) is 0 Å². The monoisotopic (exact) mass is 462 g/mol. The van der Waals surface area contributed by atoms with E-state index in [2.05, 4.69) is 37.4 Å². The minimum Gasteiger partial charge on any atom is -0.369 e. The van der Waals surface area contributed by atoms with Crippen LogP contribution in [0.3, 0.4) is 0 Å². The smallest absolute Gasteiger partial charge is 0.369 e. The maximum atomic E-state index is 13.5. The van der Waals surface area contributed by atoms with Crippen LogP contribution < -0.4 is 15.5 Å². The normalized spacial score (nSPS) is 18.7. The van der Waals surface area contributed by atoms with Crippen LogP contribution in [0.1, 0.15) is 25.3 Å². The van der Waals surface area contributed by atoms with Gasteiger partial charge in [-0.05, 0) is 51.1 Å². The van der Waals surface area contributed by atoms with E-state index in [0.717, 1.165) is 67.1 Å². The van der Waals surface area contributed by atoms with Crippen molar-refractivity contribution in [1.29, 1.82) is 0 Å². The van der Waals surface area contributed by atoms with E-state index in [4.69, 9.17) is 0 Å². The van der Waals surface area contributed by atoms with Crippen molar-refractivity contribution in [3.05, 3.63) is 35.2 Å². The number of thiophene rings is 1. The molecule has 2 aromatic heterocycles. The van der Waals surface area contributed by atoms with Crippen molar-refractivity contribution < 1.29 is 13.2 Å². The van der Waals surface area contributed by atoms with Crippen molar-refractivity contribution in [2.45, 2.75) is 31.5 Å². The second kappa shape index (κ2) is 7.77. The summed E-state index contributed by atoms with van der Waals surface area (Å²) in [6.45, 7) is 6.02. The zero-order valence-electron chi connectivity index (χ0n) is 18.0. The van der Waals surface area contributed by atoms with Crippen LogP contribution >= 0.6 is 11.3 Å². The molecule has 6 nitrogen and oxygen atoms in total. The van der Waals surface area contributed by atoms with Gasteiger partial charge in [0.1, 0.15) is 10.6 Å². The fourth-order valence-corrected chi connectivity index (χ4v) is 4.79.